The van der Waals surface area contributed by atoms with E-state index in [1.54, 1.807) is 18.0 Å². The summed E-state index contributed by atoms with van der Waals surface area (Å²) < 4.78 is 10.7. The van der Waals surface area contributed by atoms with Gasteiger partial charge in [-0.25, -0.2) is 4.99 Å². The highest BCUT2D eigenvalue weighted by molar-refractivity contribution is 6.19. The summed E-state index contributed by atoms with van der Waals surface area (Å²) in [5.41, 5.74) is 2.17. The smallest absolute Gasteiger partial charge is 0.277 e. The van der Waals surface area contributed by atoms with Gasteiger partial charge in [-0.2, -0.15) is 0 Å². The molecule has 0 atom stereocenters. The molecule has 0 spiro atoms. The quantitative estimate of drug-likeness (QED) is 0.802. The zero-order chi connectivity index (χ0) is 15.8. The minimum Gasteiger partial charge on any atom is -0.454 e. The first-order valence-corrected chi connectivity index (χ1v) is 7.26. The van der Waals surface area contributed by atoms with Crippen molar-refractivity contribution in [2.45, 2.75) is 0 Å². The summed E-state index contributed by atoms with van der Waals surface area (Å²) in [7, 11) is 1.73. The van der Waals surface area contributed by atoms with Gasteiger partial charge in [-0.3, -0.25) is 9.69 Å². The number of likely N-dealkylation sites (N-methyl/N-ethyl adjacent to an activating group) is 1. The number of ether oxygens (including phenoxy) is 2. The van der Waals surface area contributed by atoms with Crippen LogP contribution in [0.25, 0.3) is 6.08 Å². The number of aliphatic imine (C=N–C) groups is 1. The Kier molecular flexibility index (Phi) is 3.12. The van der Waals surface area contributed by atoms with Gasteiger partial charge in [0.15, 0.2) is 11.5 Å². The minimum absolute atomic E-state index is 0.124. The molecule has 2 aromatic rings. The SMILES string of the molecule is CN1C(=O)C(=Cc2ccc3c(c2)OCO3)N=C1c1ccccc1. The van der Waals surface area contributed by atoms with E-state index in [2.05, 4.69) is 4.99 Å². The first-order valence-electron chi connectivity index (χ1n) is 7.26. The van der Waals surface area contributed by atoms with Crippen molar-refractivity contribution in [3.63, 3.8) is 0 Å². The number of hydrogen-bond donors (Lipinski definition) is 0. The maximum atomic E-state index is 12.4. The Balaban J connectivity index is 1.71. The molecule has 4 rings (SSSR count). The van der Waals surface area contributed by atoms with Crippen molar-refractivity contribution in [1.82, 2.24) is 4.90 Å². The third kappa shape index (κ3) is 2.36. The van der Waals surface area contributed by atoms with Crippen LogP contribution in [0.3, 0.4) is 0 Å². The van der Waals surface area contributed by atoms with Gasteiger partial charge in [0.05, 0.1) is 0 Å². The average Bonchev–Trinajstić information content (AvgIpc) is 3.15. The fraction of sp³-hybridized carbons (Fsp3) is 0.111. The van der Waals surface area contributed by atoms with Crippen LogP contribution >= 0.6 is 0 Å². The van der Waals surface area contributed by atoms with Crippen molar-refractivity contribution in [1.29, 1.82) is 0 Å². The molecule has 2 aliphatic heterocycles. The van der Waals surface area contributed by atoms with Crippen molar-refractivity contribution in [2.24, 2.45) is 4.99 Å². The average molecular weight is 306 g/mol. The number of rotatable bonds is 2. The van der Waals surface area contributed by atoms with Crippen LogP contribution in [0.2, 0.25) is 0 Å². The Morgan fingerprint density at radius 2 is 1.87 bits per heavy atom. The summed E-state index contributed by atoms with van der Waals surface area (Å²) in [4.78, 5) is 18.5. The first-order chi connectivity index (χ1) is 11.2. The fourth-order valence-corrected chi connectivity index (χ4v) is 2.61. The van der Waals surface area contributed by atoms with Crippen LogP contribution < -0.4 is 9.47 Å². The van der Waals surface area contributed by atoms with Gasteiger partial charge in [0.2, 0.25) is 6.79 Å². The number of hydrogen-bond acceptors (Lipinski definition) is 4. The molecule has 0 saturated carbocycles. The molecule has 0 saturated heterocycles. The molecule has 23 heavy (non-hydrogen) atoms. The van der Waals surface area contributed by atoms with Crippen molar-refractivity contribution < 1.29 is 14.3 Å². The van der Waals surface area contributed by atoms with E-state index in [4.69, 9.17) is 9.47 Å². The third-order valence-corrected chi connectivity index (χ3v) is 3.80. The maximum Gasteiger partial charge on any atom is 0.277 e. The monoisotopic (exact) mass is 306 g/mol. The van der Waals surface area contributed by atoms with E-state index in [1.165, 1.54) is 0 Å². The zero-order valence-corrected chi connectivity index (χ0v) is 12.5. The lowest BCUT2D eigenvalue weighted by atomic mass is 10.1. The molecule has 1 amide bonds. The number of fused-ring (bicyclic) bond motifs is 1. The molecule has 0 N–H and O–H groups in total. The molecular formula is C18H14N2O3. The second kappa shape index (κ2) is 5.28. The van der Waals surface area contributed by atoms with Gasteiger partial charge in [-0.1, -0.05) is 36.4 Å². The molecule has 0 aliphatic carbocycles. The number of carbonyl (C=O) groups is 1. The van der Waals surface area contributed by atoms with Gasteiger partial charge in [0.25, 0.3) is 5.91 Å². The highest BCUT2D eigenvalue weighted by atomic mass is 16.7. The number of amidine groups is 1. The predicted octanol–water partition coefficient (Wildman–Crippen LogP) is 2.68. The van der Waals surface area contributed by atoms with E-state index in [0.29, 0.717) is 17.3 Å². The van der Waals surface area contributed by atoms with Crippen LogP contribution in [0.5, 0.6) is 11.5 Å². The molecule has 2 heterocycles. The summed E-state index contributed by atoms with van der Waals surface area (Å²) in [5, 5.41) is 0. The number of nitrogens with zero attached hydrogens (tertiary/aromatic N) is 2. The molecular weight excluding hydrogens is 292 g/mol. The van der Waals surface area contributed by atoms with Gasteiger partial charge in [-0.15, -0.1) is 0 Å². The Hall–Kier alpha value is -3.08. The Bertz CT molecular complexity index is 841. The molecule has 0 unspecified atom stereocenters. The van der Waals surface area contributed by atoms with Crippen molar-refractivity contribution in [2.75, 3.05) is 13.8 Å². The van der Waals surface area contributed by atoms with E-state index < -0.39 is 0 Å². The molecule has 5 nitrogen and oxygen atoms in total. The van der Waals surface area contributed by atoms with Gasteiger partial charge in [0, 0.05) is 12.6 Å². The summed E-state index contributed by atoms with van der Waals surface area (Å²) in [6, 6.07) is 15.2. The lowest BCUT2D eigenvalue weighted by molar-refractivity contribution is -0.121. The van der Waals surface area contributed by atoms with Crippen molar-refractivity contribution in [3.8, 4) is 11.5 Å². The number of amides is 1. The van der Waals surface area contributed by atoms with Crippen molar-refractivity contribution in [3.05, 3.63) is 65.4 Å². The topological polar surface area (TPSA) is 51.1 Å². The number of benzene rings is 2. The number of carbonyl (C=O) groups excluding carboxylic acids is 1. The van der Waals surface area contributed by atoms with Crippen molar-refractivity contribution >= 4 is 17.8 Å². The van der Waals surface area contributed by atoms with E-state index >= 15 is 0 Å². The third-order valence-electron chi connectivity index (χ3n) is 3.80. The molecule has 114 valence electrons. The predicted molar refractivity (Wildman–Crippen MR) is 86.3 cm³/mol. The van der Waals surface area contributed by atoms with Crippen LogP contribution in [0.1, 0.15) is 11.1 Å². The summed E-state index contributed by atoms with van der Waals surface area (Å²) in [5.74, 6) is 1.94. The van der Waals surface area contributed by atoms with E-state index in [-0.39, 0.29) is 12.7 Å². The summed E-state index contributed by atoms with van der Waals surface area (Å²) >= 11 is 0. The minimum atomic E-state index is -0.124. The largest absolute Gasteiger partial charge is 0.454 e. The summed E-state index contributed by atoms with van der Waals surface area (Å²) in [6.45, 7) is 0.229. The van der Waals surface area contributed by atoms with Crippen LogP contribution in [0, 0.1) is 0 Å². The summed E-state index contributed by atoms with van der Waals surface area (Å²) in [6.07, 6.45) is 1.76. The Labute approximate surface area is 133 Å². The fourth-order valence-electron chi connectivity index (χ4n) is 2.61. The molecule has 0 radical (unpaired) electrons. The van der Waals surface area contributed by atoms with E-state index in [9.17, 15) is 4.79 Å². The van der Waals surface area contributed by atoms with E-state index in [0.717, 1.165) is 16.9 Å². The zero-order valence-electron chi connectivity index (χ0n) is 12.5. The molecule has 5 heteroatoms. The van der Waals surface area contributed by atoms with Gasteiger partial charge in [0.1, 0.15) is 11.5 Å². The van der Waals surface area contributed by atoms with Crippen LogP contribution in [0.4, 0.5) is 0 Å². The molecule has 0 fully saturated rings. The Morgan fingerprint density at radius 1 is 1.09 bits per heavy atom. The highest BCUT2D eigenvalue weighted by Crippen LogP contribution is 2.33. The van der Waals surface area contributed by atoms with E-state index in [1.807, 2.05) is 48.5 Å². The lowest BCUT2D eigenvalue weighted by Gasteiger charge is -2.11. The first kappa shape index (κ1) is 13.6. The normalized spacial score (nSPS) is 17.8. The molecule has 2 aromatic carbocycles. The van der Waals surface area contributed by atoms with Crippen LogP contribution in [-0.2, 0) is 4.79 Å². The molecule has 2 aliphatic rings. The lowest BCUT2D eigenvalue weighted by Crippen LogP contribution is -2.28. The van der Waals surface area contributed by atoms with Crippen LogP contribution in [-0.4, -0.2) is 30.5 Å². The molecule has 0 aromatic heterocycles. The standard InChI is InChI=1S/C18H14N2O3/c1-20-17(13-5-3-2-4-6-13)19-14(18(20)21)9-12-7-8-15-16(10-12)23-11-22-15/h2-10H,11H2,1H3. The highest BCUT2D eigenvalue weighted by Gasteiger charge is 2.27. The van der Waals surface area contributed by atoms with Gasteiger partial charge < -0.3 is 9.47 Å². The van der Waals surface area contributed by atoms with Gasteiger partial charge >= 0.3 is 0 Å². The maximum absolute atomic E-state index is 12.4. The van der Waals surface area contributed by atoms with Crippen LogP contribution in [0.15, 0.2) is 59.2 Å². The molecule has 0 bridgehead atoms. The van der Waals surface area contributed by atoms with Gasteiger partial charge in [-0.05, 0) is 23.8 Å². The second-order valence-corrected chi connectivity index (χ2v) is 5.31. The Morgan fingerprint density at radius 3 is 2.70 bits per heavy atom. The second-order valence-electron chi connectivity index (χ2n) is 5.31.